The zero-order valence-electron chi connectivity index (χ0n) is 11.1. The standard InChI is InChI=1S/C17H16OSi/c1-11(2)17(18)19-16-9-5-8-14-13-7-4-3-6-12(13)10-15(14)16/h3-9H,1,10,19H2,2H3. The van der Waals surface area contributed by atoms with E-state index in [0.717, 1.165) is 6.42 Å². The van der Waals surface area contributed by atoms with Crippen molar-refractivity contribution in [2.45, 2.75) is 13.3 Å². The van der Waals surface area contributed by atoms with Gasteiger partial charge in [-0.05, 0) is 41.2 Å². The Morgan fingerprint density at radius 3 is 2.63 bits per heavy atom. The van der Waals surface area contributed by atoms with Gasteiger partial charge in [0.1, 0.15) is 14.9 Å². The van der Waals surface area contributed by atoms with Crippen LogP contribution in [0.4, 0.5) is 0 Å². The number of allylic oxidation sites excluding steroid dienone is 1. The predicted molar refractivity (Wildman–Crippen MR) is 82.7 cm³/mol. The van der Waals surface area contributed by atoms with E-state index in [1.807, 2.05) is 6.92 Å². The first-order valence-corrected chi connectivity index (χ1v) is 7.96. The minimum Gasteiger partial charge on any atom is -0.301 e. The highest BCUT2D eigenvalue weighted by Crippen LogP contribution is 2.34. The highest BCUT2D eigenvalue weighted by molar-refractivity contribution is 6.87. The van der Waals surface area contributed by atoms with Crippen molar-refractivity contribution in [2.24, 2.45) is 0 Å². The van der Waals surface area contributed by atoms with Crippen LogP contribution in [0.2, 0.25) is 0 Å². The van der Waals surface area contributed by atoms with Crippen molar-refractivity contribution in [2.75, 3.05) is 0 Å². The lowest BCUT2D eigenvalue weighted by Gasteiger charge is -2.07. The molecule has 0 saturated heterocycles. The molecule has 0 saturated carbocycles. The van der Waals surface area contributed by atoms with Crippen LogP contribution >= 0.6 is 0 Å². The Morgan fingerprint density at radius 1 is 1.11 bits per heavy atom. The van der Waals surface area contributed by atoms with Crippen molar-refractivity contribution in [3.05, 3.63) is 65.7 Å². The average Bonchev–Trinajstić information content (AvgIpc) is 2.78. The summed E-state index contributed by atoms with van der Waals surface area (Å²) in [6.45, 7) is 5.58. The highest BCUT2D eigenvalue weighted by atomic mass is 28.2. The van der Waals surface area contributed by atoms with Crippen LogP contribution in [-0.2, 0) is 11.2 Å². The minimum absolute atomic E-state index is 0.268. The smallest absolute Gasteiger partial charge is 0.139 e. The molecular weight excluding hydrogens is 248 g/mol. The van der Waals surface area contributed by atoms with Gasteiger partial charge in [0.15, 0.2) is 0 Å². The first-order chi connectivity index (χ1) is 9.16. The molecule has 0 heterocycles. The summed E-state index contributed by atoms with van der Waals surface area (Å²) in [6.07, 6.45) is 0.970. The van der Waals surface area contributed by atoms with E-state index in [1.165, 1.54) is 27.4 Å². The zero-order valence-corrected chi connectivity index (χ0v) is 12.5. The van der Waals surface area contributed by atoms with E-state index in [2.05, 4.69) is 49.0 Å². The summed E-state index contributed by atoms with van der Waals surface area (Å²) < 4.78 is 0. The number of fused-ring (bicyclic) bond motifs is 3. The van der Waals surface area contributed by atoms with Gasteiger partial charge in [-0.2, -0.15) is 0 Å². The van der Waals surface area contributed by atoms with Crippen molar-refractivity contribution in [3.63, 3.8) is 0 Å². The third-order valence-corrected chi connectivity index (χ3v) is 5.74. The van der Waals surface area contributed by atoms with Gasteiger partial charge < -0.3 is 4.79 Å². The second-order valence-electron chi connectivity index (χ2n) is 5.16. The number of carbonyl (C=O) groups is 1. The topological polar surface area (TPSA) is 17.1 Å². The molecule has 2 heteroatoms. The molecular formula is C17H16OSi. The lowest BCUT2D eigenvalue weighted by Crippen LogP contribution is -2.27. The Bertz CT molecular complexity index is 685. The lowest BCUT2D eigenvalue weighted by atomic mass is 10.1. The maximum atomic E-state index is 11.9. The predicted octanol–water partition coefficient (Wildman–Crippen LogP) is 2.15. The zero-order chi connectivity index (χ0) is 13.4. The van der Waals surface area contributed by atoms with Crippen LogP contribution in [-0.4, -0.2) is 14.9 Å². The summed E-state index contributed by atoms with van der Waals surface area (Å²) >= 11 is 0. The van der Waals surface area contributed by atoms with Gasteiger partial charge in [0.25, 0.3) is 0 Å². The Labute approximate surface area is 115 Å². The third-order valence-electron chi connectivity index (χ3n) is 3.77. The normalized spacial score (nSPS) is 12.5. The summed E-state index contributed by atoms with van der Waals surface area (Å²) in [5.41, 5.74) is 6.08. The number of rotatable bonds is 3. The van der Waals surface area contributed by atoms with E-state index in [1.54, 1.807) is 0 Å². The van der Waals surface area contributed by atoms with Crippen LogP contribution in [0.3, 0.4) is 0 Å². The summed E-state index contributed by atoms with van der Waals surface area (Å²) in [4.78, 5) is 11.9. The van der Waals surface area contributed by atoms with Gasteiger partial charge in [-0.15, -0.1) is 0 Å². The number of hydrogen-bond donors (Lipinski definition) is 0. The first-order valence-electron chi connectivity index (χ1n) is 6.54. The van der Waals surface area contributed by atoms with Crippen LogP contribution in [0.1, 0.15) is 18.1 Å². The quantitative estimate of drug-likeness (QED) is 0.523. The van der Waals surface area contributed by atoms with E-state index in [0.29, 0.717) is 5.57 Å². The summed E-state index contributed by atoms with van der Waals surface area (Å²) in [6, 6.07) is 14.9. The summed E-state index contributed by atoms with van der Waals surface area (Å²) in [5, 5.41) is 1.55. The second-order valence-corrected chi connectivity index (χ2v) is 6.92. The van der Waals surface area contributed by atoms with Gasteiger partial charge in [-0.3, -0.25) is 0 Å². The molecule has 0 fully saturated rings. The third kappa shape index (κ3) is 2.08. The molecule has 0 spiro atoms. The molecule has 19 heavy (non-hydrogen) atoms. The fourth-order valence-electron chi connectivity index (χ4n) is 2.71. The van der Waals surface area contributed by atoms with Crippen molar-refractivity contribution in [1.29, 1.82) is 0 Å². The number of benzene rings is 2. The Morgan fingerprint density at radius 2 is 1.84 bits per heavy atom. The van der Waals surface area contributed by atoms with Gasteiger partial charge in [-0.25, -0.2) is 0 Å². The number of carbonyl (C=O) groups excluding carboxylic acids is 1. The molecule has 1 aliphatic rings. The van der Waals surface area contributed by atoms with E-state index in [9.17, 15) is 4.79 Å². The van der Waals surface area contributed by atoms with Crippen molar-refractivity contribution >= 4 is 20.1 Å². The molecule has 0 atom stereocenters. The Hall–Kier alpha value is -1.93. The van der Waals surface area contributed by atoms with Crippen LogP contribution < -0.4 is 5.19 Å². The van der Waals surface area contributed by atoms with Gasteiger partial charge in [0.05, 0.1) is 0 Å². The van der Waals surface area contributed by atoms with Crippen LogP contribution in [0, 0.1) is 0 Å². The highest BCUT2D eigenvalue weighted by Gasteiger charge is 2.21. The van der Waals surface area contributed by atoms with Crippen molar-refractivity contribution < 1.29 is 4.79 Å². The molecule has 0 radical (unpaired) electrons. The van der Waals surface area contributed by atoms with Gasteiger partial charge in [0, 0.05) is 0 Å². The minimum atomic E-state index is -0.909. The van der Waals surface area contributed by atoms with Crippen molar-refractivity contribution in [1.82, 2.24) is 0 Å². The summed E-state index contributed by atoms with van der Waals surface area (Å²) in [5.74, 6) is 0. The molecule has 0 aromatic heterocycles. The van der Waals surface area contributed by atoms with E-state index >= 15 is 0 Å². The molecule has 0 unspecified atom stereocenters. The molecule has 2 aromatic rings. The SMILES string of the molecule is C=C(C)C(=O)[SiH2]c1cccc2c1Cc1ccccc1-2. The molecule has 3 rings (SSSR count). The van der Waals surface area contributed by atoms with E-state index in [4.69, 9.17) is 0 Å². The van der Waals surface area contributed by atoms with Crippen LogP contribution in [0.5, 0.6) is 0 Å². The molecule has 2 aromatic carbocycles. The molecule has 0 bridgehead atoms. The van der Waals surface area contributed by atoms with Crippen LogP contribution in [0.25, 0.3) is 11.1 Å². The van der Waals surface area contributed by atoms with Gasteiger partial charge in [-0.1, -0.05) is 54.2 Å². The second kappa shape index (κ2) is 4.63. The monoisotopic (exact) mass is 264 g/mol. The van der Waals surface area contributed by atoms with E-state index < -0.39 is 9.52 Å². The maximum Gasteiger partial charge on any atom is 0.139 e. The largest absolute Gasteiger partial charge is 0.301 e. The molecule has 1 aliphatic carbocycles. The molecule has 94 valence electrons. The first kappa shape index (κ1) is 12.1. The van der Waals surface area contributed by atoms with Crippen molar-refractivity contribution in [3.8, 4) is 11.1 Å². The average molecular weight is 264 g/mol. The Kier molecular flexibility index (Phi) is 2.95. The molecule has 0 amide bonds. The maximum absolute atomic E-state index is 11.9. The van der Waals surface area contributed by atoms with Gasteiger partial charge in [0.2, 0.25) is 0 Å². The van der Waals surface area contributed by atoms with E-state index in [-0.39, 0.29) is 5.41 Å². The van der Waals surface area contributed by atoms with Crippen LogP contribution in [0.15, 0.2) is 54.6 Å². The molecule has 1 nitrogen and oxygen atoms in total. The fraction of sp³-hybridized carbons (Fsp3) is 0.118. The lowest BCUT2D eigenvalue weighted by molar-refractivity contribution is -0.108. The fourth-order valence-corrected chi connectivity index (χ4v) is 4.14. The number of hydrogen-bond acceptors (Lipinski definition) is 1. The Balaban J connectivity index is 2.04. The van der Waals surface area contributed by atoms with Gasteiger partial charge >= 0.3 is 0 Å². The summed E-state index contributed by atoms with van der Waals surface area (Å²) in [7, 11) is -0.909. The molecule has 0 N–H and O–H groups in total. The molecule has 0 aliphatic heterocycles.